The third-order valence-corrected chi connectivity index (χ3v) is 4.23. The summed E-state index contributed by atoms with van der Waals surface area (Å²) in [5.41, 5.74) is 0.870. The van der Waals surface area contributed by atoms with Gasteiger partial charge in [-0.15, -0.1) is 11.3 Å². The van der Waals surface area contributed by atoms with Gasteiger partial charge in [-0.25, -0.2) is 4.98 Å². The van der Waals surface area contributed by atoms with E-state index in [9.17, 15) is 4.79 Å². The van der Waals surface area contributed by atoms with Gasteiger partial charge in [0.1, 0.15) is 0 Å². The Morgan fingerprint density at radius 3 is 3.10 bits per heavy atom. The normalized spacial score (nSPS) is 18.1. The van der Waals surface area contributed by atoms with E-state index in [2.05, 4.69) is 20.4 Å². The Kier molecular flexibility index (Phi) is 3.98. The molecule has 0 aliphatic carbocycles. The molecule has 8 heteroatoms. The summed E-state index contributed by atoms with van der Waals surface area (Å²) < 4.78 is 5.19. The molecule has 2 aromatic rings. The van der Waals surface area contributed by atoms with Gasteiger partial charge in [0.15, 0.2) is 0 Å². The molecule has 1 aliphatic heterocycles. The maximum atomic E-state index is 12.3. The number of hydrogen-bond donors (Lipinski definition) is 1. The average Bonchev–Trinajstić information content (AvgIpc) is 3.18. The summed E-state index contributed by atoms with van der Waals surface area (Å²) in [6, 6.07) is 0.0746. The first-order valence-electron chi connectivity index (χ1n) is 6.87. The molecule has 1 saturated heterocycles. The van der Waals surface area contributed by atoms with Crippen LogP contribution in [-0.2, 0) is 6.54 Å². The molecular formula is C13H17N5O2S. The van der Waals surface area contributed by atoms with E-state index in [1.54, 1.807) is 23.3 Å². The van der Waals surface area contributed by atoms with Gasteiger partial charge < -0.3 is 14.7 Å². The molecule has 7 nitrogen and oxygen atoms in total. The first-order chi connectivity index (χ1) is 10.1. The fourth-order valence-electron chi connectivity index (χ4n) is 2.33. The standard InChI is InChI=1S/C13H17N5O2S/c1-8-15-9(7-21-8)6-18(2)13(19)11-16-12(20-17-11)10-4-3-5-14-10/h7,10,14H,3-6H2,1-2H3. The van der Waals surface area contributed by atoms with Crippen LogP contribution >= 0.6 is 11.3 Å². The lowest BCUT2D eigenvalue weighted by molar-refractivity contribution is 0.0768. The first kappa shape index (κ1) is 14.2. The second-order valence-corrected chi connectivity index (χ2v) is 6.19. The molecule has 1 unspecified atom stereocenters. The number of amides is 1. The molecule has 1 N–H and O–H groups in total. The van der Waals surface area contributed by atoms with Crippen LogP contribution in [0.4, 0.5) is 0 Å². The number of thiazole rings is 1. The van der Waals surface area contributed by atoms with Gasteiger partial charge in [-0.3, -0.25) is 4.79 Å². The Morgan fingerprint density at radius 2 is 2.43 bits per heavy atom. The highest BCUT2D eigenvalue weighted by Gasteiger charge is 2.25. The summed E-state index contributed by atoms with van der Waals surface area (Å²) in [6.07, 6.45) is 2.04. The van der Waals surface area contributed by atoms with E-state index >= 15 is 0 Å². The van der Waals surface area contributed by atoms with Crippen LogP contribution in [0.1, 0.15) is 46.1 Å². The van der Waals surface area contributed by atoms with Crippen molar-refractivity contribution in [1.29, 1.82) is 0 Å². The van der Waals surface area contributed by atoms with Gasteiger partial charge in [0.25, 0.3) is 11.7 Å². The van der Waals surface area contributed by atoms with Crippen molar-refractivity contribution < 1.29 is 9.32 Å². The van der Waals surface area contributed by atoms with Crippen molar-refractivity contribution in [2.45, 2.75) is 32.4 Å². The van der Waals surface area contributed by atoms with Crippen molar-refractivity contribution in [2.24, 2.45) is 0 Å². The van der Waals surface area contributed by atoms with Gasteiger partial charge in [-0.05, 0) is 26.3 Å². The van der Waals surface area contributed by atoms with Crippen molar-refractivity contribution in [2.75, 3.05) is 13.6 Å². The predicted octanol–water partition coefficient (Wildman–Crippen LogP) is 1.53. The van der Waals surface area contributed by atoms with Crippen molar-refractivity contribution in [3.05, 3.63) is 27.8 Å². The van der Waals surface area contributed by atoms with E-state index in [4.69, 9.17) is 4.52 Å². The fourth-order valence-corrected chi connectivity index (χ4v) is 2.93. The zero-order valence-corrected chi connectivity index (χ0v) is 12.8. The molecule has 1 amide bonds. The lowest BCUT2D eigenvalue weighted by atomic mass is 10.2. The Balaban J connectivity index is 1.66. The molecule has 21 heavy (non-hydrogen) atoms. The lowest BCUT2D eigenvalue weighted by Gasteiger charge is -2.12. The molecule has 0 saturated carbocycles. The highest BCUT2D eigenvalue weighted by Crippen LogP contribution is 2.21. The fraction of sp³-hybridized carbons (Fsp3) is 0.538. The first-order valence-corrected chi connectivity index (χ1v) is 7.75. The number of carbonyl (C=O) groups excluding carboxylic acids is 1. The number of rotatable bonds is 4. The zero-order chi connectivity index (χ0) is 14.8. The quantitative estimate of drug-likeness (QED) is 0.922. The number of aryl methyl sites for hydroxylation is 1. The van der Waals surface area contributed by atoms with Gasteiger partial charge >= 0.3 is 0 Å². The summed E-state index contributed by atoms with van der Waals surface area (Å²) in [5.74, 6) is 0.343. The summed E-state index contributed by atoms with van der Waals surface area (Å²) >= 11 is 1.57. The van der Waals surface area contributed by atoms with E-state index in [0.29, 0.717) is 12.4 Å². The monoisotopic (exact) mass is 307 g/mol. The van der Waals surface area contributed by atoms with E-state index in [1.165, 1.54) is 0 Å². The SMILES string of the molecule is Cc1nc(CN(C)C(=O)c2noc(C3CCCN3)n2)cs1. The molecule has 0 radical (unpaired) electrons. The van der Waals surface area contributed by atoms with Crippen molar-refractivity contribution in [3.8, 4) is 0 Å². The topological polar surface area (TPSA) is 84.2 Å². The Hall–Kier alpha value is -1.80. The highest BCUT2D eigenvalue weighted by atomic mass is 32.1. The third kappa shape index (κ3) is 3.11. The minimum Gasteiger partial charge on any atom is -0.337 e. The van der Waals surface area contributed by atoms with E-state index in [1.807, 2.05) is 12.3 Å². The second kappa shape index (κ2) is 5.90. The maximum Gasteiger partial charge on any atom is 0.295 e. The number of nitrogens with zero attached hydrogens (tertiary/aromatic N) is 4. The zero-order valence-electron chi connectivity index (χ0n) is 12.0. The molecule has 0 aromatic carbocycles. The van der Waals surface area contributed by atoms with Crippen LogP contribution in [0.25, 0.3) is 0 Å². The summed E-state index contributed by atoms with van der Waals surface area (Å²) in [4.78, 5) is 22.4. The van der Waals surface area contributed by atoms with Crippen LogP contribution in [0.3, 0.4) is 0 Å². The molecule has 1 atom stereocenters. The molecular weight excluding hydrogens is 290 g/mol. The van der Waals surface area contributed by atoms with Crippen molar-refractivity contribution in [3.63, 3.8) is 0 Å². The average molecular weight is 307 g/mol. The Morgan fingerprint density at radius 1 is 1.57 bits per heavy atom. The minimum absolute atomic E-state index is 0.0746. The van der Waals surface area contributed by atoms with Crippen LogP contribution < -0.4 is 5.32 Å². The molecule has 3 heterocycles. The number of aromatic nitrogens is 3. The van der Waals surface area contributed by atoms with Gasteiger partial charge in [0.2, 0.25) is 5.89 Å². The van der Waals surface area contributed by atoms with Crippen LogP contribution in [0.2, 0.25) is 0 Å². The minimum atomic E-state index is -0.256. The summed E-state index contributed by atoms with van der Waals surface area (Å²) in [7, 11) is 1.71. The molecule has 2 aromatic heterocycles. The van der Waals surface area contributed by atoms with Crippen LogP contribution in [-0.4, -0.2) is 39.5 Å². The van der Waals surface area contributed by atoms with Crippen molar-refractivity contribution in [1.82, 2.24) is 25.3 Å². The lowest BCUT2D eigenvalue weighted by Crippen LogP contribution is -2.27. The maximum absolute atomic E-state index is 12.3. The summed E-state index contributed by atoms with van der Waals surface area (Å²) in [6.45, 7) is 3.32. The molecule has 0 bridgehead atoms. The molecule has 1 aliphatic rings. The van der Waals surface area contributed by atoms with Gasteiger partial charge in [-0.1, -0.05) is 5.16 Å². The van der Waals surface area contributed by atoms with Crippen LogP contribution in [0, 0.1) is 6.92 Å². The third-order valence-electron chi connectivity index (χ3n) is 3.40. The molecule has 3 rings (SSSR count). The molecule has 0 spiro atoms. The van der Waals surface area contributed by atoms with Crippen LogP contribution in [0.15, 0.2) is 9.90 Å². The molecule has 1 fully saturated rings. The van der Waals surface area contributed by atoms with E-state index in [-0.39, 0.29) is 17.8 Å². The highest BCUT2D eigenvalue weighted by molar-refractivity contribution is 7.09. The second-order valence-electron chi connectivity index (χ2n) is 5.12. The van der Waals surface area contributed by atoms with Gasteiger partial charge in [0, 0.05) is 12.4 Å². The van der Waals surface area contributed by atoms with Crippen LogP contribution in [0.5, 0.6) is 0 Å². The van der Waals surface area contributed by atoms with Gasteiger partial charge in [0.05, 0.1) is 23.3 Å². The van der Waals surface area contributed by atoms with E-state index in [0.717, 1.165) is 30.1 Å². The number of nitrogens with one attached hydrogen (secondary N) is 1. The molecule has 112 valence electrons. The number of carbonyl (C=O) groups is 1. The Labute approximate surface area is 126 Å². The van der Waals surface area contributed by atoms with E-state index < -0.39 is 0 Å². The smallest absolute Gasteiger partial charge is 0.295 e. The largest absolute Gasteiger partial charge is 0.337 e. The van der Waals surface area contributed by atoms with Crippen molar-refractivity contribution >= 4 is 17.2 Å². The number of hydrogen-bond acceptors (Lipinski definition) is 7. The van der Waals surface area contributed by atoms with Gasteiger partial charge in [-0.2, -0.15) is 4.98 Å². The summed E-state index contributed by atoms with van der Waals surface area (Å²) in [5, 5.41) is 9.99. The Bertz CT molecular complexity index is 632. The predicted molar refractivity (Wildman–Crippen MR) is 76.9 cm³/mol.